The minimum Gasteiger partial charge on any atom is -0.395 e. The average Bonchev–Trinajstić information content (AvgIpc) is 2.53. The number of benzene rings is 2. The Hall–Kier alpha value is -2.65. The first kappa shape index (κ1) is 19.7. The second kappa shape index (κ2) is 7.30. The van der Waals surface area contributed by atoms with Gasteiger partial charge in [0, 0.05) is 5.56 Å². The lowest BCUT2D eigenvalue weighted by Crippen LogP contribution is -2.20. The first-order valence-corrected chi connectivity index (χ1v) is 8.84. The molecule has 0 aliphatic heterocycles. The van der Waals surface area contributed by atoms with Crippen molar-refractivity contribution in [1.29, 1.82) is 0 Å². The summed E-state index contributed by atoms with van der Waals surface area (Å²) in [5.41, 5.74) is 5.42. The third kappa shape index (κ3) is 5.17. The Morgan fingerprint density at radius 1 is 1.04 bits per heavy atom. The maximum Gasteiger partial charge on any atom is 0.430 e. The molecule has 26 heavy (non-hydrogen) atoms. The zero-order valence-corrected chi connectivity index (χ0v) is 14.5. The van der Waals surface area contributed by atoms with Crippen LogP contribution in [-0.4, -0.2) is 20.3 Å². The molecule has 2 rings (SSSR count). The van der Waals surface area contributed by atoms with Gasteiger partial charge in [0.25, 0.3) is 0 Å². The van der Waals surface area contributed by atoms with Gasteiger partial charge in [-0.3, -0.25) is 0 Å². The van der Waals surface area contributed by atoms with E-state index in [9.17, 15) is 21.6 Å². The molecule has 0 saturated carbocycles. The SMILES string of the molecule is Cc1ccc(C(C=C(N)C(F)(F)F)=Nc2ccc(S(N)(=O)=O)cc2)cc1. The van der Waals surface area contributed by atoms with Gasteiger partial charge in [-0.25, -0.2) is 18.5 Å². The van der Waals surface area contributed by atoms with E-state index in [4.69, 9.17) is 10.9 Å². The number of hydrogen-bond acceptors (Lipinski definition) is 4. The number of aryl methyl sites for hydroxylation is 1. The molecule has 9 heteroatoms. The quantitative estimate of drug-likeness (QED) is 0.794. The molecule has 5 nitrogen and oxygen atoms in total. The summed E-state index contributed by atoms with van der Waals surface area (Å²) in [6.45, 7) is 1.84. The molecular formula is C17H16F3N3O2S. The van der Waals surface area contributed by atoms with Crippen LogP contribution in [0, 0.1) is 6.92 Å². The van der Waals surface area contributed by atoms with E-state index < -0.39 is 21.9 Å². The van der Waals surface area contributed by atoms with Gasteiger partial charge < -0.3 is 5.73 Å². The highest BCUT2D eigenvalue weighted by atomic mass is 32.2. The normalized spacial score (nSPS) is 13.7. The predicted octanol–water partition coefficient (Wildman–Crippen LogP) is 3.17. The lowest BCUT2D eigenvalue weighted by Gasteiger charge is -2.09. The summed E-state index contributed by atoms with van der Waals surface area (Å²) in [6.07, 6.45) is -3.96. The van der Waals surface area contributed by atoms with Gasteiger partial charge in [-0.2, -0.15) is 13.2 Å². The van der Waals surface area contributed by atoms with E-state index in [-0.39, 0.29) is 16.3 Å². The second-order valence-corrected chi connectivity index (χ2v) is 7.06. The number of sulfonamides is 1. The van der Waals surface area contributed by atoms with Gasteiger partial charge in [-0.15, -0.1) is 0 Å². The van der Waals surface area contributed by atoms with E-state index in [1.165, 1.54) is 24.3 Å². The summed E-state index contributed by atoms with van der Waals surface area (Å²) in [7, 11) is -3.87. The van der Waals surface area contributed by atoms with E-state index in [1.54, 1.807) is 24.3 Å². The van der Waals surface area contributed by atoms with Crippen LogP contribution in [0.25, 0.3) is 0 Å². The van der Waals surface area contributed by atoms with E-state index >= 15 is 0 Å². The Labute approximate surface area is 148 Å². The largest absolute Gasteiger partial charge is 0.430 e. The van der Waals surface area contributed by atoms with Crippen LogP contribution < -0.4 is 10.9 Å². The molecule has 0 unspecified atom stereocenters. The topological polar surface area (TPSA) is 98.5 Å². The number of alkyl halides is 3. The van der Waals surface area contributed by atoms with Crippen LogP contribution in [0.2, 0.25) is 0 Å². The molecule has 0 aliphatic carbocycles. The Balaban J connectivity index is 2.53. The third-order valence-electron chi connectivity index (χ3n) is 3.38. The molecule has 0 atom stereocenters. The molecule has 0 spiro atoms. The van der Waals surface area contributed by atoms with Gasteiger partial charge in [-0.05, 0) is 37.3 Å². The fourth-order valence-electron chi connectivity index (χ4n) is 1.98. The van der Waals surface area contributed by atoms with Crippen LogP contribution in [-0.2, 0) is 10.0 Å². The highest BCUT2D eigenvalue weighted by molar-refractivity contribution is 7.89. The van der Waals surface area contributed by atoms with Crippen molar-refractivity contribution < 1.29 is 21.6 Å². The molecule has 2 aromatic rings. The van der Waals surface area contributed by atoms with E-state index in [2.05, 4.69) is 4.99 Å². The van der Waals surface area contributed by atoms with Crippen LogP contribution in [0.5, 0.6) is 0 Å². The zero-order chi connectivity index (χ0) is 19.5. The maximum atomic E-state index is 12.8. The predicted molar refractivity (Wildman–Crippen MR) is 93.5 cm³/mol. The van der Waals surface area contributed by atoms with Gasteiger partial charge in [-0.1, -0.05) is 29.8 Å². The summed E-state index contributed by atoms with van der Waals surface area (Å²) in [6, 6.07) is 11.8. The molecule has 0 aromatic heterocycles. The van der Waals surface area contributed by atoms with Gasteiger partial charge >= 0.3 is 6.18 Å². The second-order valence-electron chi connectivity index (χ2n) is 5.50. The average molecular weight is 383 g/mol. The number of aliphatic imine (C=N–C) groups is 1. The number of rotatable bonds is 4. The summed E-state index contributed by atoms with van der Waals surface area (Å²) >= 11 is 0. The van der Waals surface area contributed by atoms with E-state index in [0.717, 1.165) is 11.6 Å². The highest BCUT2D eigenvalue weighted by Crippen LogP contribution is 2.23. The molecule has 2 aromatic carbocycles. The summed E-state index contributed by atoms with van der Waals surface area (Å²) in [4.78, 5) is 4.03. The van der Waals surface area contributed by atoms with E-state index in [1.807, 2.05) is 6.92 Å². The van der Waals surface area contributed by atoms with Crippen molar-refractivity contribution in [2.24, 2.45) is 15.9 Å². The highest BCUT2D eigenvalue weighted by Gasteiger charge is 2.31. The van der Waals surface area contributed by atoms with Crippen molar-refractivity contribution in [1.82, 2.24) is 0 Å². The standard InChI is InChI=1S/C17H16F3N3O2S/c1-11-2-4-12(5-3-11)15(10-16(21)17(18,19)20)23-13-6-8-14(9-7-13)26(22,24)25/h2-10H,21H2,1H3,(H2,22,24,25). The first-order chi connectivity index (χ1) is 12.0. The Kier molecular flexibility index (Phi) is 5.53. The zero-order valence-electron chi connectivity index (χ0n) is 13.7. The summed E-state index contributed by atoms with van der Waals surface area (Å²) in [5.74, 6) is 0. The summed E-state index contributed by atoms with van der Waals surface area (Å²) in [5, 5.41) is 5.01. The maximum absolute atomic E-state index is 12.8. The molecule has 4 N–H and O–H groups in total. The lowest BCUT2D eigenvalue weighted by molar-refractivity contribution is -0.0925. The number of allylic oxidation sites excluding steroid dienone is 2. The van der Waals surface area contributed by atoms with E-state index in [0.29, 0.717) is 5.56 Å². The first-order valence-electron chi connectivity index (χ1n) is 7.30. The fraction of sp³-hybridized carbons (Fsp3) is 0.118. The lowest BCUT2D eigenvalue weighted by atomic mass is 10.1. The van der Waals surface area contributed by atoms with Crippen LogP contribution in [0.3, 0.4) is 0 Å². The minimum absolute atomic E-state index is 0.0109. The molecule has 0 radical (unpaired) electrons. The smallest absolute Gasteiger partial charge is 0.395 e. The van der Waals surface area contributed by atoms with Gasteiger partial charge in [0.2, 0.25) is 10.0 Å². The third-order valence-corrected chi connectivity index (χ3v) is 4.31. The van der Waals surface area contributed by atoms with Crippen molar-refractivity contribution in [3.05, 3.63) is 71.4 Å². The Morgan fingerprint density at radius 2 is 1.58 bits per heavy atom. The van der Waals surface area contributed by atoms with Crippen molar-refractivity contribution >= 4 is 21.4 Å². The number of nitrogens with zero attached hydrogens (tertiary/aromatic N) is 1. The molecule has 0 fully saturated rings. The summed E-state index contributed by atoms with van der Waals surface area (Å²) < 4.78 is 60.9. The Bertz CT molecular complexity index is 946. The van der Waals surface area contributed by atoms with Crippen LogP contribution in [0.1, 0.15) is 11.1 Å². The van der Waals surface area contributed by atoms with Gasteiger partial charge in [0.15, 0.2) is 0 Å². The van der Waals surface area contributed by atoms with Gasteiger partial charge in [0.05, 0.1) is 16.3 Å². The minimum atomic E-state index is -4.69. The molecule has 0 saturated heterocycles. The molecule has 138 valence electrons. The van der Waals surface area contributed by atoms with Gasteiger partial charge in [0.1, 0.15) is 5.70 Å². The Morgan fingerprint density at radius 3 is 2.04 bits per heavy atom. The van der Waals surface area contributed by atoms with Crippen LogP contribution >= 0.6 is 0 Å². The number of hydrogen-bond donors (Lipinski definition) is 2. The number of halogens is 3. The molecule has 0 amide bonds. The van der Waals surface area contributed by atoms with Crippen molar-refractivity contribution in [3.63, 3.8) is 0 Å². The molecular weight excluding hydrogens is 367 g/mol. The van der Waals surface area contributed by atoms with Crippen molar-refractivity contribution in [2.75, 3.05) is 0 Å². The van der Waals surface area contributed by atoms with Crippen LogP contribution in [0.4, 0.5) is 18.9 Å². The van der Waals surface area contributed by atoms with Crippen molar-refractivity contribution in [2.45, 2.75) is 18.0 Å². The number of nitrogens with two attached hydrogens (primary N) is 2. The molecule has 0 bridgehead atoms. The van der Waals surface area contributed by atoms with Crippen LogP contribution in [0.15, 0.2) is 70.2 Å². The van der Waals surface area contributed by atoms with Crippen molar-refractivity contribution in [3.8, 4) is 0 Å². The monoisotopic (exact) mass is 383 g/mol. The fourth-order valence-corrected chi connectivity index (χ4v) is 2.50. The number of primary sulfonamides is 1. The molecule has 0 aliphatic rings. The molecule has 0 heterocycles.